The van der Waals surface area contributed by atoms with E-state index in [-0.39, 0.29) is 5.92 Å². The summed E-state index contributed by atoms with van der Waals surface area (Å²) in [6.07, 6.45) is 2.14. The standard InChI is InChI=1S/C13H19BrO/c1-4-6-10(2)13(3,15)11-7-5-8-12(14)9-11/h5,7-10,15H,4,6H2,1-3H3. The van der Waals surface area contributed by atoms with Crippen LogP contribution in [0.5, 0.6) is 0 Å². The van der Waals surface area contributed by atoms with E-state index in [1.54, 1.807) is 0 Å². The van der Waals surface area contributed by atoms with Crippen LogP contribution < -0.4 is 0 Å². The van der Waals surface area contributed by atoms with Gasteiger partial charge in [-0.1, -0.05) is 48.3 Å². The largest absolute Gasteiger partial charge is 0.385 e. The highest BCUT2D eigenvalue weighted by Gasteiger charge is 2.29. The molecule has 0 fully saturated rings. The average molecular weight is 271 g/mol. The van der Waals surface area contributed by atoms with Gasteiger partial charge in [0.2, 0.25) is 0 Å². The minimum atomic E-state index is -0.736. The molecule has 0 aliphatic heterocycles. The third-order valence-corrected chi connectivity index (χ3v) is 3.58. The first-order valence-corrected chi connectivity index (χ1v) is 6.26. The van der Waals surface area contributed by atoms with Crippen LogP contribution in [0, 0.1) is 5.92 Å². The van der Waals surface area contributed by atoms with E-state index in [1.807, 2.05) is 31.2 Å². The zero-order chi connectivity index (χ0) is 11.5. The zero-order valence-electron chi connectivity index (χ0n) is 9.63. The summed E-state index contributed by atoms with van der Waals surface area (Å²) in [5.41, 5.74) is 0.248. The normalized spacial score (nSPS) is 17.1. The van der Waals surface area contributed by atoms with Gasteiger partial charge in [-0.15, -0.1) is 0 Å². The number of rotatable bonds is 4. The third-order valence-electron chi connectivity index (χ3n) is 3.09. The van der Waals surface area contributed by atoms with E-state index in [0.29, 0.717) is 0 Å². The van der Waals surface area contributed by atoms with Gasteiger partial charge in [0.15, 0.2) is 0 Å². The maximum atomic E-state index is 10.5. The van der Waals surface area contributed by atoms with E-state index < -0.39 is 5.60 Å². The van der Waals surface area contributed by atoms with Crippen molar-refractivity contribution in [1.82, 2.24) is 0 Å². The summed E-state index contributed by atoms with van der Waals surface area (Å²) in [7, 11) is 0. The zero-order valence-corrected chi connectivity index (χ0v) is 11.2. The lowest BCUT2D eigenvalue weighted by molar-refractivity contribution is -0.00224. The first-order chi connectivity index (χ1) is 6.98. The van der Waals surface area contributed by atoms with Gasteiger partial charge >= 0.3 is 0 Å². The topological polar surface area (TPSA) is 20.2 Å². The van der Waals surface area contributed by atoms with Crippen molar-refractivity contribution in [2.24, 2.45) is 5.92 Å². The molecule has 0 aliphatic rings. The van der Waals surface area contributed by atoms with Crippen LogP contribution in [0.1, 0.15) is 39.2 Å². The molecular formula is C13H19BrO. The Morgan fingerprint density at radius 3 is 2.67 bits per heavy atom. The maximum Gasteiger partial charge on any atom is 0.0894 e. The Kier molecular flexibility index (Phi) is 4.35. The van der Waals surface area contributed by atoms with Crippen LogP contribution in [0.3, 0.4) is 0 Å². The fourth-order valence-electron chi connectivity index (χ4n) is 1.80. The smallest absolute Gasteiger partial charge is 0.0894 e. The molecular weight excluding hydrogens is 252 g/mol. The van der Waals surface area contributed by atoms with Gasteiger partial charge in [0, 0.05) is 4.47 Å². The van der Waals surface area contributed by atoms with Crippen LogP contribution >= 0.6 is 15.9 Å². The molecule has 2 heteroatoms. The molecule has 2 unspecified atom stereocenters. The van der Waals surface area contributed by atoms with Crippen molar-refractivity contribution in [1.29, 1.82) is 0 Å². The SMILES string of the molecule is CCCC(C)C(C)(O)c1cccc(Br)c1. The minimum Gasteiger partial charge on any atom is -0.385 e. The summed E-state index contributed by atoms with van der Waals surface area (Å²) in [5, 5.41) is 10.5. The highest BCUT2D eigenvalue weighted by molar-refractivity contribution is 9.10. The molecule has 1 aromatic carbocycles. The Labute approximate surface area is 101 Å². The molecule has 0 heterocycles. The molecule has 1 aromatic rings. The Morgan fingerprint density at radius 1 is 1.47 bits per heavy atom. The van der Waals surface area contributed by atoms with Crippen molar-refractivity contribution in [3.8, 4) is 0 Å². The van der Waals surface area contributed by atoms with Crippen molar-refractivity contribution in [2.75, 3.05) is 0 Å². The van der Waals surface area contributed by atoms with Crippen molar-refractivity contribution in [2.45, 2.75) is 39.2 Å². The van der Waals surface area contributed by atoms with Crippen LogP contribution in [-0.2, 0) is 5.60 Å². The fourth-order valence-corrected chi connectivity index (χ4v) is 2.20. The molecule has 0 radical (unpaired) electrons. The van der Waals surface area contributed by atoms with Gasteiger partial charge < -0.3 is 5.11 Å². The second-order valence-electron chi connectivity index (χ2n) is 4.35. The molecule has 1 rings (SSSR count). The van der Waals surface area contributed by atoms with Gasteiger partial charge in [-0.2, -0.15) is 0 Å². The van der Waals surface area contributed by atoms with E-state index in [1.165, 1.54) is 0 Å². The maximum absolute atomic E-state index is 10.5. The van der Waals surface area contributed by atoms with Crippen LogP contribution in [0.4, 0.5) is 0 Å². The third kappa shape index (κ3) is 3.05. The molecule has 1 N–H and O–H groups in total. The second-order valence-corrected chi connectivity index (χ2v) is 5.26. The summed E-state index contributed by atoms with van der Waals surface area (Å²) in [6, 6.07) is 7.92. The van der Waals surface area contributed by atoms with E-state index in [9.17, 15) is 5.11 Å². The number of aliphatic hydroxyl groups is 1. The Morgan fingerprint density at radius 2 is 2.13 bits per heavy atom. The highest BCUT2D eigenvalue weighted by Crippen LogP contribution is 2.33. The molecule has 0 saturated heterocycles. The molecule has 0 amide bonds. The van der Waals surface area contributed by atoms with Crippen molar-refractivity contribution in [3.05, 3.63) is 34.3 Å². The number of hydrogen-bond donors (Lipinski definition) is 1. The summed E-state index contributed by atoms with van der Waals surface area (Å²) >= 11 is 3.43. The van der Waals surface area contributed by atoms with Gasteiger partial charge in [0.1, 0.15) is 0 Å². The summed E-state index contributed by atoms with van der Waals surface area (Å²) in [4.78, 5) is 0. The van der Waals surface area contributed by atoms with Gasteiger partial charge in [-0.3, -0.25) is 0 Å². The average Bonchev–Trinajstić information content (AvgIpc) is 2.18. The summed E-state index contributed by atoms with van der Waals surface area (Å²) in [6.45, 7) is 6.15. The lowest BCUT2D eigenvalue weighted by Crippen LogP contribution is -2.29. The lowest BCUT2D eigenvalue weighted by atomic mass is 9.82. The lowest BCUT2D eigenvalue weighted by Gasteiger charge is -2.31. The first-order valence-electron chi connectivity index (χ1n) is 5.47. The molecule has 0 spiro atoms. The van der Waals surface area contributed by atoms with E-state index in [4.69, 9.17) is 0 Å². The molecule has 0 aliphatic carbocycles. The van der Waals surface area contributed by atoms with Crippen LogP contribution in [-0.4, -0.2) is 5.11 Å². The fraction of sp³-hybridized carbons (Fsp3) is 0.538. The molecule has 0 aromatic heterocycles. The number of hydrogen-bond acceptors (Lipinski definition) is 1. The monoisotopic (exact) mass is 270 g/mol. The van der Waals surface area contributed by atoms with Gasteiger partial charge in [-0.05, 0) is 37.0 Å². The van der Waals surface area contributed by atoms with Gasteiger partial charge in [0.05, 0.1) is 5.60 Å². The number of benzene rings is 1. The van der Waals surface area contributed by atoms with Crippen molar-refractivity contribution < 1.29 is 5.11 Å². The van der Waals surface area contributed by atoms with E-state index >= 15 is 0 Å². The van der Waals surface area contributed by atoms with Crippen LogP contribution in [0.2, 0.25) is 0 Å². The Hall–Kier alpha value is -0.340. The van der Waals surface area contributed by atoms with E-state index in [2.05, 4.69) is 29.8 Å². The molecule has 0 bridgehead atoms. The predicted octanol–water partition coefficient (Wildman–Crippen LogP) is 4.09. The molecule has 1 nitrogen and oxygen atoms in total. The minimum absolute atomic E-state index is 0.275. The quantitative estimate of drug-likeness (QED) is 0.874. The molecule has 0 saturated carbocycles. The molecule has 15 heavy (non-hydrogen) atoms. The van der Waals surface area contributed by atoms with Crippen LogP contribution in [0.25, 0.3) is 0 Å². The van der Waals surface area contributed by atoms with Gasteiger partial charge in [0.25, 0.3) is 0 Å². The second kappa shape index (κ2) is 5.13. The Balaban J connectivity index is 2.94. The molecule has 2 atom stereocenters. The summed E-state index contributed by atoms with van der Waals surface area (Å²) < 4.78 is 1.02. The van der Waals surface area contributed by atoms with Crippen molar-refractivity contribution in [3.63, 3.8) is 0 Å². The summed E-state index contributed by atoms with van der Waals surface area (Å²) in [5.74, 6) is 0.275. The van der Waals surface area contributed by atoms with Crippen molar-refractivity contribution >= 4 is 15.9 Å². The number of halogens is 1. The van der Waals surface area contributed by atoms with Crippen LogP contribution in [0.15, 0.2) is 28.7 Å². The van der Waals surface area contributed by atoms with Gasteiger partial charge in [-0.25, -0.2) is 0 Å². The Bertz CT molecular complexity index is 320. The van der Waals surface area contributed by atoms with E-state index in [0.717, 1.165) is 22.9 Å². The highest BCUT2D eigenvalue weighted by atomic mass is 79.9. The predicted molar refractivity (Wildman–Crippen MR) is 67.8 cm³/mol. The molecule has 84 valence electrons. The first kappa shape index (κ1) is 12.7.